The summed E-state index contributed by atoms with van der Waals surface area (Å²) < 4.78 is 1.18. The van der Waals surface area contributed by atoms with E-state index in [1.807, 2.05) is 42.6 Å². The van der Waals surface area contributed by atoms with E-state index in [0.717, 1.165) is 60.2 Å². The van der Waals surface area contributed by atoms with Crippen LogP contribution in [0, 0.1) is 0 Å². The molecule has 6 heteroatoms. The molecule has 0 saturated carbocycles. The third-order valence-electron chi connectivity index (χ3n) is 5.36. The Bertz CT molecular complexity index is 1090. The van der Waals surface area contributed by atoms with E-state index in [-0.39, 0.29) is 0 Å². The molecule has 0 amide bonds. The topological polar surface area (TPSA) is 52.5 Å². The highest BCUT2D eigenvalue weighted by molar-refractivity contribution is 7.21. The van der Waals surface area contributed by atoms with Gasteiger partial charge in [-0.1, -0.05) is 18.2 Å². The zero-order valence-corrected chi connectivity index (χ0v) is 16.8. The number of phenolic OH excluding ortho intramolecular Hbond substituents is 1. The lowest BCUT2D eigenvalue weighted by Gasteiger charge is -2.35. The molecular weight excluding hydrogens is 380 g/mol. The number of hydrogen-bond acceptors (Lipinski definition) is 6. The monoisotopic (exact) mass is 402 g/mol. The first-order valence-corrected chi connectivity index (χ1v) is 10.6. The van der Waals surface area contributed by atoms with E-state index in [1.165, 1.54) is 4.70 Å². The van der Waals surface area contributed by atoms with E-state index in [1.54, 1.807) is 17.4 Å². The Balaban J connectivity index is 1.31. The second-order valence-electron chi connectivity index (χ2n) is 7.28. The SMILES string of the molecule is Oc1ccc(-c2nc3ccccc3s2)cc1CN1CCN(c2ccccn2)CC1. The fraction of sp³-hybridized carbons (Fsp3) is 0.217. The number of rotatable bonds is 4. The van der Waals surface area contributed by atoms with Crippen molar-refractivity contribution in [2.24, 2.45) is 0 Å². The summed E-state index contributed by atoms with van der Waals surface area (Å²) in [5, 5.41) is 11.4. The lowest BCUT2D eigenvalue weighted by molar-refractivity contribution is 0.246. The Kier molecular flexibility index (Phi) is 4.87. The minimum Gasteiger partial charge on any atom is -0.508 e. The van der Waals surface area contributed by atoms with Gasteiger partial charge in [-0.3, -0.25) is 4.90 Å². The number of aromatic nitrogens is 2. The zero-order chi connectivity index (χ0) is 19.6. The van der Waals surface area contributed by atoms with Crippen LogP contribution < -0.4 is 4.90 Å². The molecule has 1 saturated heterocycles. The molecule has 1 aliphatic heterocycles. The van der Waals surface area contributed by atoms with Crippen molar-refractivity contribution in [3.63, 3.8) is 0 Å². The number of anilines is 1. The van der Waals surface area contributed by atoms with Gasteiger partial charge in [0.15, 0.2) is 0 Å². The normalized spacial score (nSPS) is 15.1. The molecule has 1 aliphatic rings. The molecule has 146 valence electrons. The van der Waals surface area contributed by atoms with Crippen LogP contribution in [-0.4, -0.2) is 46.2 Å². The van der Waals surface area contributed by atoms with Gasteiger partial charge in [0.05, 0.1) is 10.2 Å². The molecule has 0 radical (unpaired) electrons. The smallest absolute Gasteiger partial charge is 0.128 e. The van der Waals surface area contributed by atoms with Gasteiger partial charge in [-0.15, -0.1) is 11.3 Å². The van der Waals surface area contributed by atoms with E-state index >= 15 is 0 Å². The molecule has 0 aliphatic carbocycles. The van der Waals surface area contributed by atoms with Crippen molar-refractivity contribution in [3.8, 4) is 16.3 Å². The maximum absolute atomic E-state index is 10.4. The molecule has 0 bridgehead atoms. The van der Waals surface area contributed by atoms with Crippen LogP contribution in [0.3, 0.4) is 0 Å². The van der Waals surface area contributed by atoms with Crippen LogP contribution in [0.15, 0.2) is 66.9 Å². The van der Waals surface area contributed by atoms with E-state index in [9.17, 15) is 5.11 Å². The second-order valence-corrected chi connectivity index (χ2v) is 8.31. The van der Waals surface area contributed by atoms with E-state index in [0.29, 0.717) is 5.75 Å². The molecule has 1 fully saturated rings. The fourth-order valence-electron chi connectivity index (χ4n) is 3.76. The van der Waals surface area contributed by atoms with Crippen molar-refractivity contribution in [1.82, 2.24) is 14.9 Å². The molecule has 29 heavy (non-hydrogen) atoms. The molecular formula is C23H22N4OS. The van der Waals surface area contributed by atoms with Crippen LogP contribution in [0.1, 0.15) is 5.56 Å². The number of benzene rings is 2. The summed E-state index contributed by atoms with van der Waals surface area (Å²) in [5.41, 5.74) is 3.03. The molecule has 0 atom stereocenters. The molecule has 0 spiro atoms. The van der Waals surface area contributed by atoms with Gasteiger partial charge in [0, 0.05) is 50.0 Å². The minimum absolute atomic E-state index is 0.349. The maximum atomic E-state index is 10.4. The van der Waals surface area contributed by atoms with Crippen LogP contribution in [0.2, 0.25) is 0 Å². The molecule has 4 aromatic rings. The number of nitrogens with zero attached hydrogens (tertiary/aromatic N) is 4. The highest BCUT2D eigenvalue weighted by Crippen LogP contribution is 2.33. The predicted octanol–water partition coefficient (Wildman–Crippen LogP) is 4.39. The van der Waals surface area contributed by atoms with Gasteiger partial charge in [0.1, 0.15) is 16.6 Å². The first kappa shape index (κ1) is 18.1. The summed E-state index contributed by atoms with van der Waals surface area (Å²) >= 11 is 1.69. The average Bonchev–Trinajstić information content (AvgIpc) is 3.21. The number of phenols is 1. The van der Waals surface area contributed by atoms with Gasteiger partial charge in [-0.25, -0.2) is 9.97 Å². The maximum Gasteiger partial charge on any atom is 0.128 e. The Labute approximate surface area is 173 Å². The molecule has 2 aromatic carbocycles. The van der Waals surface area contributed by atoms with Gasteiger partial charge in [-0.05, 0) is 42.5 Å². The number of fused-ring (bicyclic) bond motifs is 1. The average molecular weight is 403 g/mol. The van der Waals surface area contributed by atoms with Crippen LogP contribution in [0.25, 0.3) is 20.8 Å². The number of piperazine rings is 1. The Morgan fingerprint density at radius 3 is 2.55 bits per heavy atom. The van der Waals surface area contributed by atoms with Gasteiger partial charge in [0.2, 0.25) is 0 Å². The summed E-state index contributed by atoms with van der Waals surface area (Å²) in [7, 11) is 0. The summed E-state index contributed by atoms with van der Waals surface area (Å²) in [6, 6.07) is 20.0. The third-order valence-corrected chi connectivity index (χ3v) is 6.45. The second kappa shape index (κ2) is 7.81. The molecule has 5 nitrogen and oxygen atoms in total. The van der Waals surface area contributed by atoms with Crippen molar-refractivity contribution in [3.05, 3.63) is 72.4 Å². The summed E-state index contributed by atoms with van der Waals surface area (Å²) in [6.45, 7) is 4.51. The zero-order valence-electron chi connectivity index (χ0n) is 16.0. The van der Waals surface area contributed by atoms with Crippen molar-refractivity contribution >= 4 is 27.4 Å². The summed E-state index contributed by atoms with van der Waals surface area (Å²) in [6.07, 6.45) is 1.84. The van der Waals surface area contributed by atoms with Crippen molar-refractivity contribution in [2.75, 3.05) is 31.1 Å². The lowest BCUT2D eigenvalue weighted by Crippen LogP contribution is -2.46. The number of thiazole rings is 1. The van der Waals surface area contributed by atoms with Crippen molar-refractivity contribution in [2.45, 2.75) is 6.54 Å². The number of aromatic hydroxyl groups is 1. The molecule has 2 aromatic heterocycles. The highest BCUT2D eigenvalue weighted by Gasteiger charge is 2.19. The van der Waals surface area contributed by atoms with Crippen molar-refractivity contribution < 1.29 is 5.11 Å². The first-order valence-electron chi connectivity index (χ1n) is 9.82. The van der Waals surface area contributed by atoms with Gasteiger partial charge >= 0.3 is 0 Å². The molecule has 3 heterocycles. The number of pyridine rings is 1. The van der Waals surface area contributed by atoms with Crippen LogP contribution in [-0.2, 0) is 6.54 Å². The van der Waals surface area contributed by atoms with E-state index < -0.39 is 0 Å². The van der Waals surface area contributed by atoms with Gasteiger partial charge in [0.25, 0.3) is 0 Å². The minimum atomic E-state index is 0.349. The predicted molar refractivity (Wildman–Crippen MR) is 118 cm³/mol. The third kappa shape index (κ3) is 3.81. The van der Waals surface area contributed by atoms with Crippen LogP contribution >= 0.6 is 11.3 Å². The molecule has 0 unspecified atom stereocenters. The Morgan fingerprint density at radius 2 is 1.76 bits per heavy atom. The largest absolute Gasteiger partial charge is 0.508 e. The first-order chi connectivity index (χ1) is 14.3. The number of hydrogen-bond donors (Lipinski definition) is 1. The Hall–Kier alpha value is -2.96. The van der Waals surface area contributed by atoms with Gasteiger partial charge < -0.3 is 10.0 Å². The lowest BCUT2D eigenvalue weighted by atomic mass is 10.1. The fourth-order valence-corrected chi connectivity index (χ4v) is 4.72. The quantitative estimate of drug-likeness (QED) is 0.549. The van der Waals surface area contributed by atoms with Crippen LogP contribution in [0.4, 0.5) is 5.82 Å². The van der Waals surface area contributed by atoms with E-state index in [4.69, 9.17) is 4.98 Å². The standard InChI is InChI=1S/C23H22N4OS/c28-20-9-8-17(23-25-19-5-1-2-6-21(19)29-23)15-18(20)16-26-11-13-27(14-12-26)22-7-3-4-10-24-22/h1-10,15,28H,11-14,16H2. The van der Waals surface area contributed by atoms with Crippen molar-refractivity contribution in [1.29, 1.82) is 0 Å². The highest BCUT2D eigenvalue weighted by atomic mass is 32.1. The summed E-state index contributed by atoms with van der Waals surface area (Å²) in [5.74, 6) is 1.38. The Morgan fingerprint density at radius 1 is 0.931 bits per heavy atom. The van der Waals surface area contributed by atoms with E-state index in [2.05, 4.69) is 33.0 Å². The van der Waals surface area contributed by atoms with Crippen LogP contribution in [0.5, 0.6) is 5.75 Å². The molecule has 1 N–H and O–H groups in total. The number of para-hydroxylation sites is 1. The molecule has 5 rings (SSSR count). The summed E-state index contributed by atoms with van der Waals surface area (Å²) in [4.78, 5) is 13.9. The van der Waals surface area contributed by atoms with Gasteiger partial charge in [-0.2, -0.15) is 0 Å².